The van der Waals surface area contributed by atoms with Gasteiger partial charge >= 0.3 is 0 Å². The zero-order valence-corrected chi connectivity index (χ0v) is 14.5. The molecule has 21 heavy (non-hydrogen) atoms. The fourth-order valence-electron chi connectivity index (χ4n) is 1.40. The predicted molar refractivity (Wildman–Crippen MR) is 91.1 cm³/mol. The van der Waals surface area contributed by atoms with Crippen LogP contribution in [0.2, 0.25) is 30.1 Å². The second-order valence-corrected chi connectivity index (χ2v) is 6.28. The molecule has 0 spiro atoms. The molecule has 110 valence electrons. The largest absolute Gasteiger partial charge is 0.257 e. The van der Waals surface area contributed by atoms with Crippen molar-refractivity contribution in [1.82, 2.24) is 0 Å². The second kappa shape index (κ2) is 7.23. The normalized spacial score (nSPS) is 11.1. The lowest BCUT2D eigenvalue weighted by Gasteiger charge is -2.06. The van der Waals surface area contributed by atoms with Crippen molar-refractivity contribution in [1.29, 1.82) is 0 Å². The first kappa shape index (κ1) is 16.9. The Bertz CT molecular complexity index is 670. The van der Waals surface area contributed by atoms with E-state index in [0.717, 1.165) is 0 Å². The minimum Gasteiger partial charge on any atom is -0.257 e. The Balaban J connectivity index is 2.25. The van der Waals surface area contributed by atoms with Crippen molar-refractivity contribution in [2.45, 2.75) is 0 Å². The van der Waals surface area contributed by atoms with Gasteiger partial charge in [0.25, 0.3) is 0 Å². The second-order valence-electron chi connectivity index (χ2n) is 3.77. The summed E-state index contributed by atoms with van der Waals surface area (Å²) < 4.78 is 0. The SMILES string of the molecule is Clc1cc(Cl)c(N=NNc2c(Cl)cc(Cl)cc2Cl)c(Cl)c1. The van der Waals surface area contributed by atoms with Gasteiger partial charge in [0.05, 0.1) is 25.8 Å². The van der Waals surface area contributed by atoms with Gasteiger partial charge in [-0.25, -0.2) is 0 Å². The van der Waals surface area contributed by atoms with Gasteiger partial charge in [0, 0.05) is 10.0 Å². The molecule has 2 rings (SSSR count). The van der Waals surface area contributed by atoms with Crippen molar-refractivity contribution in [2.24, 2.45) is 10.3 Å². The minimum atomic E-state index is 0.270. The monoisotopic (exact) mass is 401 g/mol. The summed E-state index contributed by atoms with van der Waals surface area (Å²) in [4.78, 5) is 0. The van der Waals surface area contributed by atoms with Crippen molar-refractivity contribution in [3.05, 3.63) is 54.4 Å². The van der Waals surface area contributed by atoms with Gasteiger partial charge in [-0.3, -0.25) is 5.43 Å². The fourth-order valence-corrected chi connectivity index (χ4v) is 3.20. The number of rotatable bonds is 3. The highest BCUT2D eigenvalue weighted by molar-refractivity contribution is 6.42. The van der Waals surface area contributed by atoms with E-state index < -0.39 is 0 Å². The van der Waals surface area contributed by atoms with Gasteiger partial charge in [-0.2, -0.15) is 0 Å². The average molecular weight is 404 g/mol. The third-order valence-electron chi connectivity index (χ3n) is 2.30. The van der Waals surface area contributed by atoms with Crippen LogP contribution in [0.15, 0.2) is 34.6 Å². The summed E-state index contributed by atoms with van der Waals surface area (Å²) in [6, 6.07) is 6.06. The van der Waals surface area contributed by atoms with Gasteiger partial charge in [-0.1, -0.05) is 74.8 Å². The number of hydrogen-bond donors (Lipinski definition) is 1. The molecule has 1 N–H and O–H groups in total. The average Bonchev–Trinajstić information content (AvgIpc) is 2.34. The summed E-state index contributed by atoms with van der Waals surface area (Å²) >= 11 is 35.6. The Morgan fingerprint density at radius 1 is 0.667 bits per heavy atom. The molecule has 0 fully saturated rings. The summed E-state index contributed by atoms with van der Waals surface area (Å²) in [7, 11) is 0. The van der Waals surface area contributed by atoms with Crippen LogP contribution in [0.4, 0.5) is 11.4 Å². The number of anilines is 1. The number of nitrogens with zero attached hydrogens (tertiary/aromatic N) is 2. The predicted octanol–water partition coefficient (Wildman–Crippen LogP) is 7.72. The Kier molecular flexibility index (Phi) is 5.83. The first-order valence-corrected chi connectivity index (χ1v) is 7.61. The summed E-state index contributed by atoms with van der Waals surface area (Å²) in [6.07, 6.45) is 0. The summed E-state index contributed by atoms with van der Waals surface area (Å²) in [6.45, 7) is 0. The zero-order valence-electron chi connectivity index (χ0n) is 9.97. The molecule has 0 aliphatic rings. The smallest absolute Gasteiger partial charge is 0.125 e. The van der Waals surface area contributed by atoms with Crippen LogP contribution in [0, 0.1) is 0 Å². The molecule has 0 radical (unpaired) electrons. The van der Waals surface area contributed by atoms with Crippen LogP contribution in [-0.2, 0) is 0 Å². The first-order valence-electron chi connectivity index (χ1n) is 5.34. The van der Waals surface area contributed by atoms with Crippen LogP contribution < -0.4 is 5.43 Å². The maximum atomic E-state index is 6.00. The van der Waals surface area contributed by atoms with E-state index in [9.17, 15) is 0 Å². The molecule has 0 aliphatic carbocycles. The van der Waals surface area contributed by atoms with E-state index in [1.807, 2.05) is 0 Å². The highest BCUT2D eigenvalue weighted by Crippen LogP contribution is 2.37. The van der Waals surface area contributed by atoms with Gasteiger partial charge in [0.15, 0.2) is 0 Å². The molecular weight excluding hydrogens is 399 g/mol. The topological polar surface area (TPSA) is 36.8 Å². The minimum absolute atomic E-state index is 0.270. The highest BCUT2D eigenvalue weighted by Gasteiger charge is 2.09. The van der Waals surface area contributed by atoms with Crippen LogP contribution in [0.5, 0.6) is 0 Å². The fraction of sp³-hybridized carbons (Fsp3) is 0. The van der Waals surface area contributed by atoms with Crippen molar-refractivity contribution in [3.63, 3.8) is 0 Å². The van der Waals surface area contributed by atoms with Gasteiger partial charge < -0.3 is 0 Å². The Morgan fingerprint density at radius 2 is 1.10 bits per heavy atom. The lowest BCUT2D eigenvalue weighted by atomic mass is 10.3. The van der Waals surface area contributed by atoms with Crippen LogP contribution >= 0.6 is 69.6 Å². The van der Waals surface area contributed by atoms with Crippen LogP contribution in [-0.4, -0.2) is 0 Å². The van der Waals surface area contributed by atoms with Crippen molar-refractivity contribution < 1.29 is 0 Å². The highest BCUT2D eigenvalue weighted by atomic mass is 35.5. The Hall–Kier alpha value is -0.420. The summed E-state index contributed by atoms with van der Waals surface area (Å²) in [5, 5.41) is 9.62. The molecule has 0 aromatic heterocycles. The number of benzene rings is 2. The number of halogens is 6. The molecule has 0 saturated heterocycles. The lowest BCUT2D eigenvalue weighted by Crippen LogP contribution is -1.89. The molecule has 0 amide bonds. The lowest BCUT2D eigenvalue weighted by molar-refractivity contribution is 1.13. The Morgan fingerprint density at radius 3 is 1.57 bits per heavy atom. The number of nitrogens with one attached hydrogen (secondary N) is 1. The Labute approximate surface area is 150 Å². The van der Waals surface area contributed by atoms with Crippen LogP contribution in [0.3, 0.4) is 0 Å². The molecule has 0 aliphatic heterocycles. The third-order valence-corrected chi connectivity index (χ3v) is 3.91. The van der Waals surface area contributed by atoms with Crippen molar-refractivity contribution >= 4 is 81.0 Å². The molecule has 0 bridgehead atoms. The molecular formula is C12H5Cl6N3. The molecule has 9 heteroatoms. The van der Waals surface area contributed by atoms with Crippen LogP contribution in [0.25, 0.3) is 0 Å². The maximum Gasteiger partial charge on any atom is 0.125 e. The van der Waals surface area contributed by atoms with Crippen molar-refractivity contribution in [2.75, 3.05) is 5.43 Å². The first-order chi connectivity index (χ1) is 9.88. The van der Waals surface area contributed by atoms with Crippen molar-refractivity contribution in [3.8, 4) is 0 Å². The van der Waals surface area contributed by atoms with E-state index in [2.05, 4.69) is 15.8 Å². The zero-order chi connectivity index (χ0) is 15.6. The van der Waals surface area contributed by atoms with E-state index >= 15 is 0 Å². The molecule has 0 heterocycles. The van der Waals surface area contributed by atoms with E-state index in [-0.39, 0.29) is 15.7 Å². The van der Waals surface area contributed by atoms with E-state index in [4.69, 9.17) is 69.6 Å². The molecule has 0 unspecified atom stereocenters. The van der Waals surface area contributed by atoms with E-state index in [1.54, 1.807) is 0 Å². The molecule has 2 aromatic rings. The molecule has 2 aromatic carbocycles. The standard InChI is InChI=1S/C12H5Cl6N3/c13-5-1-7(15)11(8(16)2-5)19-21-20-12-9(17)3-6(14)4-10(12)18/h1-4H,(H,19,20). The number of hydrogen-bond acceptors (Lipinski definition) is 2. The van der Waals surface area contributed by atoms with Gasteiger partial charge in [-0.15, -0.1) is 5.11 Å². The molecule has 0 saturated carbocycles. The van der Waals surface area contributed by atoms with Gasteiger partial charge in [0.2, 0.25) is 0 Å². The van der Waals surface area contributed by atoms with E-state index in [1.165, 1.54) is 24.3 Å². The molecule has 3 nitrogen and oxygen atoms in total. The summed E-state index contributed by atoms with van der Waals surface area (Å²) in [5.74, 6) is 0. The third kappa shape index (κ3) is 4.28. The molecule has 0 atom stereocenters. The van der Waals surface area contributed by atoms with Gasteiger partial charge in [-0.05, 0) is 24.3 Å². The van der Waals surface area contributed by atoms with Crippen LogP contribution in [0.1, 0.15) is 0 Å². The quantitative estimate of drug-likeness (QED) is 0.413. The van der Waals surface area contributed by atoms with E-state index in [0.29, 0.717) is 25.8 Å². The van der Waals surface area contributed by atoms with Gasteiger partial charge in [0.1, 0.15) is 5.69 Å². The maximum absolute atomic E-state index is 6.00. The summed E-state index contributed by atoms with van der Waals surface area (Å²) in [5.41, 5.74) is 3.25.